The van der Waals surface area contributed by atoms with E-state index in [9.17, 15) is 0 Å². The van der Waals surface area contributed by atoms with Crippen molar-refractivity contribution in [2.24, 2.45) is 0 Å². The van der Waals surface area contributed by atoms with Crippen LogP contribution in [0.4, 0.5) is 0 Å². The van der Waals surface area contributed by atoms with Crippen molar-refractivity contribution in [2.45, 2.75) is 18.6 Å². The zero-order valence-electron chi connectivity index (χ0n) is 14.9. The Balaban J connectivity index is -0.000000686. The molecule has 0 N–H and O–H groups in total. The van der Waals surface area contributed by atoms with Crippen LogP contribution in [-0.2, 0) is 36.1 Å². The van der Waals surface area contributed by atoms with Gasteiger partial charge in [-0.05, 0) is 35.9 Å². The maximum Gasteiger partial charge on any atom is 0 e. The van der Waals surface area contributed by atoms with Gasteiger partial charge >= 0.3 is 33.9 Å². The molecule has 0 aliphatic carbocycles. The van der Waals surface area contributed by atoms with Gasteiger partial charge in [-0.2, -0.15) is 0 Å². The molecule has 4 nitrogen and oxygen atoms in total. The van der Waals surface area contributed by atoms with Crippen molar-refractivity contribution in [1.82, 2.24) is 0 Å². The van der Waals surface area contributed by atoms with Crippen molar-refractivity contribution in [3.63, 3.8) is 0 Å². The van der Waals surface area contributed by atoms with Crippen molar-refractivity contribution in [2.75, 3.05) is 12.9 Å². The maximum absolute atomic E-state index is 7.50. The van der Waals surface area contributed by atoms with E-state index in [1.54, 1.807) is 7.11 Å². The molecule has 0 aliphatic rings. The number of hydrogen-bond donors (Lipinski definition) is 0. The van der Waals surface area contributed by atoms with Crippen LogP contribution >= 0.6 is 11.8 Å². The molecule has 0 aliphatic heterocycles. The zero-order valence-corrected chi connectivity index (χ0v) is 16.9. The first-order chi connectivity index (χ1) is 12.2. The Bertz CT molecular complexity index is 624. The summed E-state index contributed by atoms with van der Waals surface area (Å²) in [7, 11) is 1.70. The van der Waals surface area contributed by atoms with E-state index in [0.29, 0.717) is 0 Å². The average molecular weight is 408 g/mol. The maximum atomic E-state index is 7.50. The first-order valence-electron chi connectivity index (χ1n) is 7.16. The van der Waals surface area contributed by atoms with Crippen molar-refractivity contribution in [3.8, 4) is 5.75 Å². The summed E-state index contributed by atoms with van der Waals surface area (Å²) in [5, 5.41) is 0. The van der Waals surface area contributed by atoms with E-state index in [2.05, 4.69) is 76.3 Å². The SMILES string of the molecule is CCS[C@@](C)(c1ccccc1)c1ccc(OC)cc1.[C-]#[O+].[C-]#[O+].[C-]#[O+].[Cr]. The standard InChI is InChI=1S/C17H20OS.3CO.Cr/c1-4-19-17(2,14-8-6-5-7-9-14)15-10-12-16(18-3)13-11-15;3*1-2;/h5-13H,4H2,1-3H3;;;;/t17-;;;;/m0..../s1. The molecule has 0 bridgehead atoms. The monoisotopic (exact) mass is 408 g/mol. The summed E-state index contributed by atoms with van der Waals surface area (Å²) in [6, 6.07) is 19.1. The molecule has 136 valence electrons. The molecular formula is C20H20CrO4S. The molecule has 2 rings (SSSR count). The van der Waals surface area contributed by atoms with Gasteiger partial charge in [0.1, 0.15) is 5.75 Å². The Kier molecular flexibility index (Phi) is 20.3. The van der Waals surface area contributed by atoms with Crippen LogP contribution in [-0.4, -0.2) is 12.9 Å². The Hall–Kier alpha value is -1.66. The van der Waals surface area contributed by atoms with Crippen LogP contribution in [0.1, 0.15) is 25.0 Å². The largest absolute Gasteiger partial charge is 0 e. The first-order valence-corrected chi connectivity index (χ1v) is 8.14. The van der Waals surface area contributed by atoms with E-state index < -0.39 is 0 Å². The number of hydrogen-bond acceptors (Lipinski definition) is 2. The van der Waals surface area contributed by atoms with E-state index in [1.807, 2.05) is 23.9 Å². The number of rotatable bonds is 5. The van der Waals surface area contributed by atoms with Gasteiger partial charge in [-0.25, -0.2) is 0 Å². The van der Waals surface area contributed by atoms with Crippen LogP contribution < -0.4 is 4.74 Å². The molecule has 0 heterocycles. The van der Waals surface area contributed by atoms with Gasteiger partial charge in [0.15, 0.2) is 0 Å². The number of ether oxygens (including phenoxy) is 1. The van der Waals surface area contributed by atoms with Gasteiger partial charge in [0.25, 0.3) is 0 Å². The van der Waals surface area contributed by atoms with Gasteiger partial charge in [0.2, 0.25) is 0 Å². The Morgan fingerprint density at radius 1 is 0.846 bits per heavy atom. The quantitative estimate of drug-likeness (QED) is 0.536. The van der Waals surface area contributed by atoms with Gasteiger partial charge < -0.3 is 4.74 Å². The molecule has 0 saturated heterocycles. The number of benzene rings is 2. The van der Waals surface area contributed by atoms with Gasteiger partial charge in [-0.3, -0.25) is 0 Å². The molecule has 26 heavy (non-hydrogen) atoms. The van der Waals surface area contributed by atoms with E-state index in [1.165, 1.54) is 11.1 Å². The molecular weight excluding hydrogens is 388 g/mol. The normalized spacial score (nSPS) is 10.3. The molecule has 1 atom stereocenters. The summed E-state index contributed by atoms with van der Waals surface area (Å²) in [5.74, 6) is 1.98. The van der Waals surface area contributed by atoms with E-state index in [-0.39, 0.29) is 22.1 Å². The Morgan fingerprint density at radius 3 is 1.65 bits per heavy atom. The third kappa shape index (κ3) is 8.63. The van der Waals surface area contributed by atoms with Gasteiger partial charge in [-0.15, -0.1) is 11.8 Å². The molecule has 0 spiro atoms. The van der Waals surface area contributed by atoms with Crippen LogP contribution in [0.15, 0.2) is 54.6 Å². The minimum atomic E-state index is -0.0116. The molecule has 2 aromatic rings. The minimum Gasteiger partial charge on any atom is 0 e. The third-order valence-corrected chi connectivity index (χ3v) is 4.74. The number of thioether (sulfide) groups is 1. The van der Waals surface area contributed by atoms with Gasteiger partial charge in [-0.1, -0.05) is 49.4 Å². The fraction of sp³-hybridized carbons (Fsp3) is 0.250. The predicted molar refractivity (Wildman–Crippen MR) is 95.8 cm³/mol. The summed E-state index contributed by atoms with van der Waals surface area (Å²) in [6.07, 6.45) is 0. The van der Waals surface area contributed by atoms with Crippen LogP contribution in [0.5, 0.6) is 5.75 Å². The van der Waals surface area contributed by atoms with Crippen molar-refractivity contribution in [3.05, 3.63) is 85.7 Å². The van der Waals surface area contributed by atoms with Crippen molar-refractivity contribution in [1.29, 1.82) is 0 Å². The Labute approximate surface area is 170 Å². The van der Waals surface area contributed by atoms with Crippen molar-refractivity contribution >= 4 is 11.8 Å². The average Bonchev–Trinajstić information content (AvgIpc) is 2.73. The summed E-state index contributed by atoms with van der Waals surface area (Å²) in [4.78, 5) is 0. The molecule has 2 aromatic carbocycles. The molecule has 0 aromatic heterocycles. The summed E-state index contributed by atoms with van der Waals surface area (Å²) in [5.41, 5.74) is 2.65. The van der Waals surface area contributed by atoms with Crippen molar-refractivity contribution < 1.29 is 36.1 Å². The van der Waals surface area contributed by atoms with Crippen LogP contribution in [0.25, 0.3) is 0 Å². The summed E-state index contributed by atoms with van der Waals surface area (Å²) >= 11 is 1.96. The Morgan fingerprint density at radius 2 is 1.27 bits per heavy atom. The molecule has 0 fully saturated rings. The molecule has 0 radical (unpaired) electrons. The van der Waals surface area contributed by atoms with Crippen LogP contribution in [0.2, 0.25) is 0 Å². The topological polar surface area (TPSA) is 68.9 Å². The summed E-state index contributed by atoms with van der Waals surface area (Å²) < 4.78 is 27.7. The number of methoxy groups -OCH3 is 1. The van der Waals surface area contributed by atoms with Gasteiger partial charge in [0.05, 0.1) is 11.9 Å². The molecule has 0 unspecified atom stereocenters. The second kappa shape index (κ2) is 18.1. The second-order valence-electron chi connectivity index (χ2n) is 4.56. The van der Waals surface area contributed by atoms with Crippen LogP contribution in [0.3, 0.4) is 0 Å². The smallest absolute Gasteiger partial charge is 0 e. The zero-order chi connectivity index (χ0) is 19.7. The third-order valence-electron chi connectivity index (χ3n) is 3.40. The molecule has 0 saturated carbocycles. The summed E-state index contributed by atoms with van der Waals surface area (Å²) in [6.45, 7) is 18.0. The molecule has 0 amide bonds. The minimum absolute atomic E-state index is 0. The van der Waals surface area contributed by atoms with E-state index >= 15 is 0 Å². The first kappa shape index (κ1) is 29.1. The predicted octanol–water partition coefficient (Wildman–Crippen LogP) is 4.60. The molecule has 6 heteroatoms. The van der Waals surface area contributed by atoms with E-state index in [4.69, 9.17) is 18.7 Å². The fourth-order valence-electron chi connectivity index (χ4n) is 2.29. The fourth-order valence-corrected chi connectivity index (χ4v) is 3.47. The van der Waals surface area contributed by atoms with E-state index in [0.717, 1.165) is 11.5 Å². The van der Waals surface area contributed by atoms with Gasteiger partial charge in [0, 0.05) is 17.4 Å². The second-order valence-corrected chi connectivity index (χ2v) is 6.24. The van der Waals surface area contributed by atoms with Crippen LogP contribution in [0, 0.1) is 20.0 Å².